The maximum atomic E-state index is 10.9. The van der Waals surface area contributed by atoms with Crippen LogP contribution in [0.1, 0.15) is 10.4 Å². The van der Waals surface area contributed by atoms with E-state index in [-0.39, 0.29) is 0 Å². The average Bonchev–Trinajstić information content (AvgIpc) is 2.01. The van der Waals surface area contributed by atoms with E-state index in [1.165, 1.54) is 0 Å². The maximum Gasteiger partial charge on any atom is 0.337 e. The molecule has 0 aliphatic heterocycles. The van der Waals surface area contributed by atoms with Gasteiger partial charge in [-0.05, 0) is 96.4 Å². The lowest BCUT2D eigenvalue weighted by molar-refractivity contribution is 0.0694. The topological polar surface area (TPSA) is 37.3 Å². The molecule has 0 bridgehead atoms. The van der Waals surface area contributed by atoms with E-state index in [4.69, 9.17) is 5.11 Å². The molecule has 1 N–H and O–H groups in total. The lowest BCUT2D eigenvalue weighted by atomic mass is 10.2. The Labute approximate surface area is 130 Å². The number of carboxylic acids is 1. The first-order valence-electron chi connectivity index (χ1n) is 3.01. The predicted octanol–water partition coefficient (Wildman–Crippen LogP) is 3.80. The monoisotopic (exact) mass is 626 g/mol. The third-order valence-electron chi connectivity index (χ3n) is 1.33. The number of rotatable bonds is 1. The fourth-order valence-corrected chi connectivity index (χ4v) is 4.35. The standard InChI is InChI=1S/C7H2I4O2/c8-2-1-3(9)6(11)4(5(2)10)7(12)13/h1H,(H,12,13). The van der Waals surface area contributed by atoms with Crippen molar-refractivity contribution in [2.24, 2.45) is 0 Å². The molecular weight excluding hydrogens is 624 g/mol. The van der Waals surface area contributed by atoms with Crippen molar-refractivity contribution >= 4 is 96.3 Å². The number of carboxylic acid groups (broad SMARTS) is 1. The van der Waals surface area contributed by atoms with Gasteiger partial charge in [-0.3, -0.25) is 0 Å². The smallest absolute Gasteiger partial charge is 0.337 e. The van der Waals surface area contributed by atoms with Crippen molar-refractivity contribution in [1.29, 1.82) is 0 Å². The molecule has 1 rings (SSSR count). The molecule has 6 heteroatoms. The number of benzene rings is 1. The Bertz CT molecular complexity index is 349. The maximum absolute atomic E-state index is 10.9. The van der Waals surface area contributed by atoms with Crippen LogP contribution in [0.15, 0.2) is 6.07 Å². The van der Waals surface area contributed by atoms with E-state index in [1.807, 2.05) is 6.07 Å². The normalized spacial score (nSPS) is 10.2. The molecule has 0 saturated heterocycles. The number of halogens is 4. The quantitative estimate of drug-likeness (QED) is 0.381. The van der Waals surface area contributed by atoms with Gasteiger partial charge < -0.3 is 5.11 Å². The van der Waals surface area contributed by atoms with Gasteiger partial charge in [0.2, 0.25) is 0 Å². The minimum Gasteiger partial charge on any atom is -0.478 e. The van der Waals surface area contributed by atoms with Crippen molar-refractivity contribution < 1.29 is 9.90 Å². The molecule has 0 aliphatic rings. The van der Waals surface area contributed by atoms with E-state index in [0.717, 1.165) is 14.3 Å². The summed E-state index contributed by atoms with van der Waals surface area (Å²) in [6.07, 6.45) is 0. The van der Waals surface area contributed by atoms with E-state index >= 15 is 0 Å². The van der Waals surface area contributed by atoms with E-state index in [1.54, 1.807) is 0 Å². The van der Waals surface area contributed by atoms with Gasteiger partial charge in [-0.25, -0.2) is 4.79 Å². The van der Waals surface area contributed by atoms with Crippen LogP contribution < -0.4 is 0 Å². The molecule has 0 atom stereocenters. The van der Waals surface area contributed by atoms with Gasteiger partial charge in [0, 0.05) is 14.3 Å². The highest BCUT2D eigenvalue weighted by atomic mass is 127. The molecular formula is C7H2I4O2. The van der Waals surface area contributed by atoms with Crippen LogP contribution in [0.5, 0.6) is 0 Å². The Morgan fingerprint density at radius 1 is 1.08 bits per heavy atom. The zero-order valence-electron chi connectivity index (χ0n) is 5.94. The summed E-state index contributed by atoms with van der Waals surface area (Å²) in [5, 5.41) is 8.98. The fraction of sp³-hybridized carbons (Fsp3) is 0. The molecule has 70 valence electrons. The Balaban J connectivity index is 3.56. The van der Waals surface area contributed by atoms with E-state index in [9.17, 15) is 4.79 Å². The predicted molar refractivity (Wildman–Crippen MR) is 84.3 cm³/mol. The third kappa shape index (κ3) is 2.80. The summed E-state index contributed by atoms with van der Waals surface area (Å²) >= 11 is 8.43. The molecule has 0 saturated carbocycles. The van der Waals surface area contributed by atoms with Crippen LogP contribution in [0.2, 0.25) is 0 Å². The van der Waals surface area contributed by atoms with Crippen LogP contribution in [0.25, 0.3) is 0 Å². The van der Waals surface area contributed by atoms with Gasteiger partial charge in [0.15, 0.2) is 0 Å². The summed E-state index contributed by atoms with van der Waals surface area (Å²) in [6, 6.07) is 1.98. The molecule has 0 amide bonds. The highest BCUT2D eigenvalue weighted by Gasteiger charge is 2.17. The van der Waals surface area contributed by atoms with Gasteiger partial charge >= 0.3 is 5.97 Å². The second-order valence-corrected chi connectivity index (χ2v) is 6.63. The summed E-state index contributed by atoms with van der Waals surface area (Å²) in [4.78, 5) is 10.9. The minimum atomic E-state index is -0.856. The molecule has 1 aromatic carbocycles. The fourth-order valence-electron chi connectivity index (χ4n) is 0.761. The molecule has 0 aromatic heterocycles. The SMILES string of the molecule is O=C(O)c1c(I)c(I)cc(I)c1I. The largest absolute Gasteiger partial charge is 0.478 e. The van der Waals surface area contributed by atoms with Crippen LogP contribution in [0.3, 0.4) is 0 Å². The lowest BCUT2D eigenvalue weighted by Crippen LogP contribution is -2.06. The number of carbonyl (C=O) groups is 1. The van der Waals surface area contributed by atoms with Gasteiger partial charge in [-0.2, -0.15) is 0 Å². The Morgan fingerprint density at radius 2 is 1.46 bits per heavy atom. The van der Waals surface area contributed by atoms with Crippen LogP contribution in [-0.4, -0.2) is 11.1 Å². The van der Waals surface area contributed by atoms with E-state index in [2.05, 4.69) is 90.4 Å². The number of hydrogen-bond acceptors (Lipinski definition) is 1. The van der Waals surface area contributed by atoms with Crippen molar-refractivity contribution in [1.82, 2.24) is 0 Å². The van der Waals surface area contributed by atoms with Gasteiger partial charge in [-0.1, -0.05) is 0 Å². The zero-order chi connectivity index (χ0) is 10.2. The molecule has 0 radical (unpaired) electrons. The summed E-state index contributed by atoms with van der Waals surface area (Å²) < 4.78 is 3.60. The molecule has 0 spiro atoms. The summed E-state index contributed by atoms with van der Waals surface area (Å²) in [5.74, 6) is -0.856. The van der Waals surface area contributed by atoms with Gasteiger partial charge in [0.25, 0.3) is 0 Å². The molecule has 2 nitrogen and oxygen atoms in total. The average molecular weight is 626 g/mol. The molecule has 0 heterocycles. The summed E-state index contributed by atoms with van der Waals surface area (Å²) in [5.41, 5.74) is 0.414. The molecule has 0 fully saturated rings. The second-order valence-electron chi connectivity index (χ2n) is 2.15. The van der Waals surface area contributed by atoms with Crippen molar-refractivity contribution in [3.8, 4) is 0 Å². The summed E-state index contributed by atoms with van der Waals surface area (Å²) in [6.45, 7) is 0. The molecule has 0 aliphatic carbocycles. The van der Waals surface area contributed by atoms with Crippen LogP contribution in [0, 0.1) is 14.3 Å². The van der Waals surface area contributed by atoms with E-state index in [0.29, 0.717) is 5.56 Å². The van der Waals surface area contributed by atoms with E-state index < -0.39 is 5.97 Å². The van der Waals surface area contributed by atoms with Crippen molar-refractivity contribution in [3.05, 3.63) is 25.9 Å². The highest BCUT2D eigenvalue weighted by molar-refractivity contribution is 14.1. The zero-order valence-corrected chi connectivity index (χ0v) is 14.6. The third-order valence-corrected chi connectivity index (χ3v) is 7.33. The molecule has 1 aromatic rings. The Kier molecular flexibility index (Phi) is 4.97. The Hall–Kier alpha value is 1.61. The summed E-state index contributed by atoms with van der Waals surface area (Å²) in [7, 11) is 0. The Morgan fingerprint density at radius 3 is 1.77 bits per heavy atom. The first-order valence-corrected chi connectivity index (χ1v) is 7.33. The van der Waals surface area contributed by atoms with Crippen molar-refractivity contribution in [2.75, 3.05) is 0 Å². The molecule has 0 unspecified atom stereocenters. The van der Waals surface area contributed by atoms with Crippen molar-refractivity contribution in [3.63, 3.8) is 0 Å². The molecule has 13 heavy (non-hydrogen) atoms. The van der Waals surface area contributed by atoms with Crippen LogP contribution in [0.4, 0.5) is 0 Å². The number of aromatic carboxylic acids is 1. The minimum absolute atomic E-state index is 0.414. The highest BCUT2D eigenvalue weighted by Crippen LogP contribution is 2.28. The van der Waals surface area contributed by atoms with Crippen molar-refractivity contribution in [2.45, 2.75) is 0 Å². The van der Waals surface area contributed by atoms with Gasteiger partial charge in [0.1, 0.15) is 0 Å². The number of hydrogen-bond donors (Lipinski definition) is 1. The van der Waals surface area contributed by atoms with Gasteiger partial charge in [-0.15, -0.1) is 0 Å². The van der Waals surface area contributed by atoms with Gasteiger partial charge in [0.05, 0.1) is 5.56 Å². The van der Waals surface area contributed by atoms with Crippen LogP contribution in [-0.2, 0) is 0 Å². The second kappa shape index (κ2) is 5.09. The lowest BCUT2D eigenvalue weighted by Gasteiger charge is -2.06. The first-order chi connectivity index (χ1) is 5.95. The first kappa shape index (κ1) is 12.7. The van der Waals surface area contributed by atoms with Crippen LogP contribution >= 0.6 is 90.4 Å².